The summed E-state index contributed by atoms with van der Waals surface area (Å²) in [6.07, 6.45) is -0.371. The van der Waals surface area contributed by atoms with E-state index in [0.29, 0.717) is 28.0 Å². The first-order valence-electron chi connectivity index (χ1n) is 5.73. The molecule has 0 saturated heterocycles. The summed E-state index contributed by atoms with van der Waals surface area (Å²) < 4.78 is 5.03. The first kappa shape index (κ1) is 14.1. The number of aliphatic hydroxyl groups is 1. The van der Waals surface area contributed by atoms with Crippen LogP contribution in [-0.4, -0.2) is 17.2 Å². The molecule has 3 nitrogen and oxygen atoms in total. The molecule has 5 heteroatoms. The number of methoxy groups -OCH3 is 1. The third-order valence-electron chi connectivity index (χ3n) is 2.72. The number of hydrogen-bond acceptors (Lipinski definition) is 3. The predicted octanol–water partition coefficient (Wildman–Crippen LogP) is 3.67. The second-order valence-electron chi connectivity index (χ2n) is 4.06. The number of hydrogen-bond donors (Lipinski definition) is 1. The molecule has 0 spiro atoms. The number of aliphatic hydroxyl groups excluding tert-OH is 1. The molecule has 2 rings (SSSR count). The van der Waals surface area contributed by atoms with Crippen LogP contribution >= 0.6 is 23.2 Å². The molecular formula is C14H13Cl2NO2. The fourth-order valence-corrected chi connectivity index (χ4v) is 2.22. The number of nitrogens with zero attached hydrogens (tertiary/aromatic N) is 1. The second-order valence-corrected chi connectivity index (χ2v) is 4.90. The van der Waals surface area contributed by atoms with Crippen LogP contribution in [0.5, 0.6) is 5.88 Å². The Morgan fingerprint density at radius 3 is 2.74 bits per heavy atom. The summed E-state index contributed by atoms with van der Waals surface area (Å²) in [5, 5.41) is 11.3. The summed E-state index contributed by atoms with van der Waals surface area (Å²) in [5.41, 5.74) is 1.37. The van der Waals surface area contributed by atoms with Crippen molar-refractivity contribution in [1.29, 1.82) is 0 Å². The molecule has 1 aromatic carbocycles. The number of ether oxygens (including phenoxy) is 1. The van der Waals surface area contributed by atoms with Crippen molar-refractivity contribution < 1.29 is 9.84 Å². The van der Waals surface area contributed by atoms with Crippen molar-refractivity contribution in [2.45, 2.75) is 12.5 Å². The van der Waals surface area contributed by atoms with E-state index in [9.17, 15) is 5.11 Å². The van der Waals surface area contributed by atoms with Crippen LogP contribution in [0.3, 0.4) is 0 Å². The molecule has 0 bridgehead atoms. The van der Waals surface area contributed by atoms with E-state index in [1.807, 2.05) is 0 Å². The molecule has 0 aliphatic carbocycles. The lowest BCUT2D eigenvalue weighted by atomic mass is 10.1. The summed E-state index contributed by atoms with van der Waals surface area (Å²) in [7, 11) is 1.54. The summed E-state index contributed by atoms with van der Waals surface area (Å²) in [6, 6.07) is 10.5. The van der Waals surface area contributed by atoms with Crippen molar-refractivity contribution in [2.24, 2.45) is 0 Å². The van der Waals surface area contributed by atoms with Crippen LogP contribution in [0, 0.1) is 0 Å². The van der Waals surface area contributed by atoms with Gasteiger partial charge in [-0.05, 0) is 23.8 Å². The van der Waals surface area contributed by atoms with Crippen molar-refractivity contribution in [3.8, 4) is 5.88 Å². The van der Waals surface area contributed by atoms with Gasteiger partial charge < -0.3 is 9.84 Å². The zero-order valence-electron chi connectivity index (χ0n) is 10.3. The quantitative estimate of drug-likeness (QED) is 0.936. The fourth-order valence-electron chi connectivity index (χ4n) is 1.73. The maximum atomic E-state index is 10.2. The molecule has 19 heavy (non-hydrogen) atoms. The fraction of sp³-hybridized carbons (Fsp3) is 0.214. The van der Waals surface area contributed by atoms with Gasteiger partial charge in [-0.25, -0.2) is 4.98 Å². The maximum Gasteiger partial charge on any atom is 0.213 e. The number of benzene rings is 1. The Morgan fingerprint density at radius 2 is 2.05 bits per heavy atom. The van der Waals surface area contributed by atoms with Crippen molar-refractivity contribution in [3.63, 3.8) is 0 Å². The maximum absolute atomic E-state index is 10.2. The van der Waals surface area contributed by atoms with E-state index in [-0.39, 0.29) is 0 Å². The van der Waals surface area contributed by atoms with Crippen LogP contribution in [0.15, 0.2) is 36.4 Å². The van der Waals surface area contributed by atoms with Gasteiger partial charge in [-0.3, -0.25) is 0 Å². The van der Waals surface area contributed by atoms with Gasteiger partial charge in [-0.1, -0.05) is 35.3 Å². The molecular weight excluding hydrogens is 285 g/mol. The highest BCUT2D eigenvalue weighted by Gasteiger charge is 2.13. The number of halogens is 2. The average Bonchev–Trinajstić information content (AvgIpc) is 2.42. The molecule has 0 aliphatic rings. The van der Waals surface area contributed by atoms with Crippen molar-refractivity contribution >= 4 is 23.2 Å². The van der Waals surface area contributed by atoms with Gasteiger partial charge in [-0.15, -0.1) is 0 Å². The van der Waals surface area contributed by atoms with Crippen molar-refractivity contribution in [1.82, 2.24) is 4.98 Å². The summed E-state index contributed by atoms with van der Waals surface area (Å²) in [6.45, 7) is 0. The van der Waals surface area contributed by atoms with E-state index < -0.39 is 6.10 Å². The van der Waals surface area contributed by atoms with Gasteiger partial charge in [0.05, 0.1) is 12.8 Å². The highest BCUT2D eigenvalue weighted by atomic mass is 35.5. The summed E-state index contributed by atoms with van der Waals surface area (Å²) in [4.78, 5) is 4.19. The molecule has 0 saturated carbocycles. The Hall–Kier alpha value is -1.29. The minimum Gasteiger partial charge on any atom is -0.481 e. The first-order valence-corrected chi connectivity index (χ1v) is 6.48. The molecule has 0 aliphatic heterocycles. The molecule has 1 atom stereocenters. The van der Waals surface area contributed by atoms with Crippen molar-refractivity contribution in [2.75, 3.05) is 7.11 Å². The largest absolute Gasteiger partial charge is 0.481 e. The van der Waals surface area contributed by atoms with Crippen LogP contribution < -0.4 is 4.74 Å². The molecule has 2 aromatic rings. The lowest BCUT2D eigenvalue weighted by molar-refractivity contribution is 0.172. The number of aromatic nitrogens is 1. The summed E-state index contributed by atoms with van der Waals surface area (Å²) in [5.74, 6) is 0.471. The Balaban J connectivity index is 2.17. The standard InChI is InChI=1S/C14H13Cl2NO2/c1-19-14-4-2-3-12(17-14)13(18)7-9-5-6-10(15)8-11(9)16/h2-6,8,13,18H,7H2,1H3. The minimum atomic E-state index is -0.742. The molecule has 1 N–H and O–H groups in total. The zero-order chi connectivity index (χ0) is 13.8. The highest BCUT2D eigenvalue weighted by Crippen LogP contribution is 2.26. The van der Waals surface area contributed by atoms with Gasteiger partial charge in [0.1, 0.15) is 6.10 Å². The summed E-state index contributed by atoms with van der Waals surface area (Å²) >= 11 is 11.9. The molecule has 0 fully saturated rings. The average molecular weight is 298 g/mol. The Bertz CT molecular complexity index is 575. The van der Waals surface area contributed by atoms with E-state index in [1.54, 1.807) is 36.4 Å². The van der Waals surface area contributed by atoms with Crippen LogP contribution in [0.1, 0.15) is 17.4 Å². The number of pyridine rings is 1. The van der Waals surface area contributed by atoms with Gasteiger partial charge in [0.2, 0.25) is 5.88 Å². The normalized spacial score (nSPS) is 12.2. The third kappa shape index (κ3) is 3.60. The smallest absolute Gasteiger partial charge is 0.213 e. The molecule has 0 amide bonds. The van der Waals surface area contributed by atoms with Crippen LogP contribution in [-0.2, 0) is 6.42 Å². The van der Waals surface area contributed by atoms with Gasteiger partial charge >= 0.3 is 0 Å². The Morgan fingerprint density at radius 1 is 1.26 bits per heavy atom. The molecule has 100 valence electrons. The molecule has 0 radical (unpaired) electrons. The van der Waals surface area contributed by atoms with Crippen molar-refractivity contribution in [3.05, 3.63) is 57.7 Å². The van der Waals surface area contributed by atoms with Gasteiger partial charge in [0.25, 0.3) is 0 Å². The van der Waals surface area contributed by atoms with Gasteiger partial charge in [-0.2, -0.15) is 0 Å². The molecule has 1 heterocycles. The van der Waals surface area contributed by atoms with Crippen LogP contribution in [0.4, 0.5) is 0 Å². The Labute approximate surface area is 121 Å². The van der Waals surface area contributed by atoms with Gasteiger partial charge in [0, 0.05) is 22.5 Å². The lowest BCUT2D eigenvalue weighted by Gasteiger charge is -2.12. The van der Waals surface area contributed by atoms with E-state index in [0.717, 1.165) is 5.56 Å². The van der Waals surface area contributed by atoms with E-state index in [2.05, 4.69) is 4.98 Å². The van der Waals surface area contributed by atoms with Gasteiger partial charge in [0.15, 0.2) is 0 Å². The second kappa shape index (κ2) is 6.24. The predicted molar refractivity (Wildman–Crippen MR) is 75.9 cm³/mol. The van der Waals surface area contributed by atoms with Crippen LogP contribution in [0.2, 0.25) is 10.0 Å². The highest BCUT2D eigenvalue weighted by molar-refractivity contribution is 6.35. The lowest BCUT2D eigenvalue weighted by Crippen LogP contribution is -2.05. The van der Waals surface area contributed by atoms with E-state index >= 15 is 0 Å². The first-order chi connectivity index (χ1) is 9.10. The van der Waals surface area contributed by atoms with E-state index in [1.165, 1.54) is 7.11 Å². The minimum absolute atomic E-state index is 0.371. The molecule has 1 aromatic heterocycles. The zero-order valence-corrected chi connectivity index (χ0v) is 11.8. The third-order valence-corrected chi connectivity index (χ3v) is 3.31. The Kier molecular flexibility index (Phi) is 4.64. The van der Waals surface area contributed by atoms with Crippen LogP contribution in [0.25, 0.3) is 0 Å². The number of rotatable bonds is 4. The topological polar surface area (TPSA) is 42.4 Å². The monoisotopic (exact) mass is 297 g/mol. The SMILES string of the molecule is COc1cccc(C(O)Cc2ccc(Cl)cc2Cl)n1. The van der Waals surface area contributed by atoms with E-state index in [4.69, 9.17) is 27.9 Å². The molecule has 1 unspecified atom stereocenters.